The fourth-order valence-electron chi connectivity index (χ4n) is 1.83. The van der Waals surface area contributed by atoms with Crippen LogP contribution in [0.2, 0.25) is 0 Å². The lowest BCUT2D eigenvalue weighted by Gasteiger charge is -2.13. The highest BCUT2D eigenvalue weighted by atomic mass is 32.2. The molecule has 5 nitrogen and oxygen atoms in total. The summed E-state index contributed by atoms with van der Waals surface area (Å²) in [7, 11) is -1.70. The standard InChI is InChI=1S/C12H23N3O2S/c1-5-6-7-8-10(2)14-18(16,17)12-9-13-15(4)11(12)3/h9-10,14H,5-8H2,1-4H3. The average molecular weight is 273 g/mol. The molecule has 6 heteroatoms. The number of unbranched alkanes of at least 4 members (excludes halogenated alkanes) is 2. The van der Waals surface area contributed by atoms with E-state index in [0.717, 1.165) is 25.7 Å². The first kappa shape index (κ1) is 15.2. The SMILES string of the molecule is CCCCCC(C)NS(=O)(=O)c1cnn(C)c1C. The van der Waals surface area contributed by atoms with Gasteiger partial charge in [-0.1, -0.05) is 26.2 Å². The molecule has 0 saturated carbocycles. The minimum atomic E-state index is -3.44. The second-order valence-electron chi connectivity index (χ2n) is 4.74. The molecule has 104 valence electrons. The van der Waals surface area contributed by atoms with Crippen molar-refractivity contribution in [2.45, 2.75) is 57.4 Å². The van der Waals surface area contributed by atoms with E-state index in [1.54, 1.807) is 18.7 Å². The Bertz CT molecular complexity index is 480. The van der Waals surface area contributed by atoms with Gasteiger partial charge in [0.2, 0.25) is 10.0 Å². The van der Waals surface area contributed by atoms with E-state index < -0.39 is 10.0 Å². The Morgan fingerprint density at radius 3 is 2.61 bits per heavy atom. The van der Waals surface area contributed by atoms with E-state index in [1.807, 2.05) is 6.92 Å². The van der Waals surface area contributed by atoms with E-state index in [9.17, 15) is 8.42 Å². The van der Waals surface area contributed by atoms with Crippen LogP contribution in [0, 0.1) is 6.92 Å². The van der Waals surface area contributed by atoms with E-state index >= 15 is 0 Å². The van der Waals surface area contributed by atoms with Gasteiger partial charge in [0, 0.05) is 13.1 Å². The number of sulfonamides is 1. The molecule has 0 amide bonds. The monoisotopic (exact) mass is 273 g/mol. The van der Waals surface area contributed by atoms with Crippen LogP contribution >= 0.6 is 0 Å². The van der Waals surface area contributed by atoms with Crippen molar-refractivity contribution >= 4 is 10.0 Å². The van der Waals surface area contributed by atoms with Crippen molar-refractivity contribution in [2.75, 3.05) is 0 Å². The summed E-state index contributed by atoms with van der Waals surface area (Å²) in [5.41, 5.74) is 0.656. The van der Waals surface area contributed by atoms with Gasteiger partial charge in [0.1, 0.15) is 4.90 Å². The van der Waals surface area contributed by atoms with E-state index in [4.69, 9.17) is 0 Å². The quantitative estimate of drug-likeness (QED) is 0.773. The maximum absolute atomic E-state index is 12.1. The van der Waals surface area contributed by atoms with E-state index in [2.05, 4.69) is 16.7 Å². The number of hydrogen-bond donors (Lipinski definition) is 1. The van der Waals surface area contributed by atoms with Crippen LogP contribution in [-0.2, 0) is 17.1 Å². The lowest BCUT2D eigenvalue weighted by molar-refractivity contribution is 0.526. The smallest absolute Gasteiger partial charge is 0.244 e. The number of aryl methyl sites for hydroxylation is 1. The number of aromatic nitrogens is 2. The van der Waals surface area contributed by atoms with Crippen LogP contribution in [-0.4, -0.2) is 24.2 Å². The molecule has 0 bridgehead atoms. The van der Waals surface area contributed by atoms with Crippen molar-refractivity contribution < 1.29 is 8.42 Å². The van der Waals surface area contributed by atoms with Crippen molar-refractivity contribution in [2.24, 2.45) is 7.05 Å². The zero-order chi connectivity index (χ0) is 13.8. The Labute approximate surface area is 110 Å². The summed E-state index contributed by atoms with van der Waals surface area (Å²) in [4.78, 5) is 0.271. The van der Waals surface area contributed by atoms with Crippen LogP contribution in [0.15, 0.2) is 11.1 Å². The summed E-state index contributed by atoms with van der Waals surface area (Å²) in [6.07, 6.45) is 5.59. The van der Waals surface area contributed by atoms with Crippen molar-refractivity contribution in [1.29, 1.82) is 0 Å². The van der Waals surface area contributed by atoms with Gasteiger partial charge >= 0.3 is 0 Å². The Hall–Kier alpha value is -0.880. The molecule has 1 aromatic rings. The van der Waals surface area contributed by atoms with Crippen LogP contribution in [0.4, 0.5) is 0 Å². The second-order valence-corrected chi connectivity index (χ2v) is 6.42. The third-order valence-corrected chi connectivity index (χ3v) is 4.77. The fourth-order valence-corrected chi connectivity index (χ4v) is 3.31. The van der Waals surface area contributed by atoms with Crippen molar-refractivity contribution in [3.05, 3.63) is 11.9 Å². The number of rotatable bonds is 7. The Kier molecular flexibility index (Phi) is 5.34. The van der Waals surface area contributed by atoms with Crippen LogP contribution in [0.5, 0.6) is 0 Å². The highest BCUT2D eigenvalue weighted by Crippen LogP contribution is 2.14. The molecule has 0 aliphatic rings. The fraction of sp³-hybridized carbons (Fsp3) is 0.750. The zero-order valence-corrected chi connectivity index (χ0v) is 12.4. The summed E-state index contributed by atoms with van der Waals surface area (Å²) in [5.74, 6) is 0. The highest BCUT2D eigenvalue weighted by Gasteiger charge is 2.21. The van der Waals surface area contributed by atoms with Gasteiger partial charge in [-0.2, -0.15) is 5.10 Å². The van der Waals surface area contributed by atoms with E-state index in [1.165, 1.54) is 6.20 Å². The molecule has 0 fully saturated rings. The molecule has 1 unspecified atom stereocenters. The third kappa shape index (κ3) is 3.81. The third-order valence-electron chi connectivity index (χ3n) is 3.08. The van der Waals surface area contributed by atoms with Gasteiger partial charge in [-0.25, -0.2) is 13.1 Å². The first-order valence-electron chi connectivity index (χ1n) is 6.39. The second kappa shape index (κ2) is 6.33. The van der Waals surface area contributed by atoms with E-state index in [0.29, 0.717) is 5.69 Å². The molecule has 0 aliphatic carbocycles. The first-order valence-corrected chi connectivity index (χ1v) is 7.87. The topological polar surface area (TPSA) is 64.0 Å². The molecule has 0 aromatic carbocycles. The molecule has 1 rings (SSSR count). The lowest BCUT2D eigenvalue weighted by atomic mass is 10.1. The minimum absolute atomic E-state index is 0.0406. The van der Waals surface area contributed by atoms with Crippen molar-refractivity contribution in [1.82, 2.24) is 14.5 Å². The molecular weight excluding hydrogens is 250 g/mol. The predicted molar refractivity (Wildman–Crippen MR) is 71.9 cm³/mol. The van der Waals surface area contributed by atoms with Gasteiger partial charge in [-0.05, 0) is 20.3 Å². The van der Waals surface area contributed by atoms with Crippen LogP contribution in [0.3, 0.4) is 0 Å². The van der Waals surface area contributed by atoms with Crippen LogP contribution < -0.4 is 4.72 Å². The first-order chi connectivity index (χ1) is 8.38. The lowest BCUT2D eigenvalue weighted by Crippen LogP contribution is -2.32. The minimum Gasteiger partial charge on any atom is -0.272 e. The number of nitrogens with zero attached hydrogens (tertiary/aromatic N) is 2. The molecule has 0 saturated heterocycles. The average Bonchev–Trinajstić information content (AvgIpc) is 2.60. The van der Waals surface area contributed by atoms with E-state index in [-0.39, 0.29) is 10.9 Å². The largest absolute Gasteiger partial charge is 0.272 e. The molecule has 1 aromatic heterocycles. The molecule has 18 heavy (non-hydrogen) atoms. The van der Waals surface area contributed by atoms with Crippen LogP contribution in [0.25, 0.3) is 0 Å². The van der Waals surface area contributed by atoms with Gasteiger partial charge in [0.05, 0.1) is 11.9 Å². The molecular formula is C12H23N3O2S. The Morgan fingerprint density at radius 1 is 1.44 bits per heavy atom. The molecule has 1 N–H and O–H groups in total. The van der Waals surface area contributed by atoms with Crippen LogP contribution in [0.1, 0.15) is 45.2 Å². The summed E-state index contributed by atoms with van der Waals surface area (Å²) >= 11 is 0. The zero-order valence-electron chi connectivity index (χ0n) is 11.6. The highest BCUT2D eigenvalue weighted by molar-refractivity contribution is 7.89. The molecule has 1 atom stereocenters. The van der Waals surface area contributed by atoms with Gasteiger partial charge in [0.15, 0.2) is 0 Å². The maximum atomic E-state index is 12.1. The molecule has 0 aliphatic heterocycles. The molecule has 1 heterocycles. The van der Waals surface area contributed by atoms with Gasteiger partial charge in [0.25, 0.3) is 0 Å². The van der Waals surface area contributed by atoms with Gasteiger partial charge < -0.3 is 0 Å². The Balaban J connectivity index is 2.68. The summed E-state index contributed by atoms with van der Waals surface area (Å²) < 4.78 is 28.6. The number of hydrogen-bond acceptors (Lipinski definition) is 3. The summed E-state index contributed by atoms with van der Waals surface area (Å²) in [5, 5.41) is 3.96. The van der Waals surface area contributed by atoms with Gasteiger partial charge in [-0.3, -0.25) is 4.68 Å². The Morgan fingerprint density at radius 2 is 2.11 bits per heavy atom. The normalized spacial score (nSPS) is 13.8. The summed E-state index contributed by atoms with van der Waals surface area (Å²) in [6, 6.07) is -0.0406. The van der Waals surface area contributed by atoms with Crippen molar-refractivity contribution in [3.8, 4) is 0 Å². The van der Waals surface area contributed by atoms with Crippen molar-refractivity contribution in [3.63, 3.8) is 0 Å². The summed E-state index contributed by atoms with van der Waals surface area (Å²) in [6.45, 7) is 5.79. The van der Waals surface area contributed by atoms with Gasteiger partial charge in [-0.15, -0.1) is 0 Å². The molecule has 0 spiro atoms. The number of nitrogens with one attached hydrogen (secondary N) is 1. The molecule has 0 radical (unpaired) electrons. The maximum Gasteiger partial charge on any atom is 0.244 e. The predicted octanol–water partition coefficient (Wildman–Crippen LogP) is 1.98.